The first-order valence-corrected chi connectivity index (χ1v) is 13.5. The number of hydrogen-bond donors (Lipinski definition) is 2. The molecule has 2 N–H and O–H groups in total. The van der Waals surface area contributed by atoms with Crippen LogP contribution in [0.5, 0.6) is 0 Å². The highest BCUT2D eigenvalue weighted by molar-refractivity contribution is 5.87. The number of oxazole rings is 3. The zero-order valence-electron chi connectivity index (χ0n) is 24.2. The number of unbranched alkanes of at least 4 members (excludes halogenated alkanes) is 1. The maximum Gasteiger partial charge on any atom is 0.408 e. The number of esters is 1. The molecule has 4 aromatic rings. The van der Waals surface area contributed by atoms with Gasteiger partial charge in [-0.05, 0) is 45.6 Å². The number of methoxy groups -OCH3 is 1. The van der Waals surface area contributed by atoms with Gasteiger partial charge in [-0.15, -0.1) is 0 Å². The van der Waals surface area contributed by atoms with E-state index in [4.69, 9.17) is 22.7 Å². The lowest BCUT2D eigenvalue weighted by Crippen LogP contribution is -2.33. The van der Waals surface area contributed by atoms with Crippen molar-refractivity contribution >= 4 is 18.2 Å². The molecule has 43 heavy (non-hydrogen) atoms. The lowest BCUT2D eigenvalue weighted by Gasteiger charge is -2.19. The Morgan fingerprint density at radius 2 is 1.58 bits per heavy atom. The molecule has 3 aromatic heterocycles. The van der Waals surface area contributed by atoms with E-state index in [1.54, 1.807) is 20.8 Å². The van der Waals surface area contributed by atoms with Gasteiger partial charge in [0.1, 0.15) is 37.0 Å². The third-order valence-corrected chi connectivity index (χ3v) is 5.75. The third-order valence-electron chi connectivity index (χ3n) is 5.75. The minimum Gasteiger partial charge on any atom is -0.464 e. The van der Waals surface area contributed by atoms with Crippen molar-refractivity contribution in [3.05, 3.63) is 66.3 Å². The molecule has 14 heteroatoms. The molecule has 0 aliphatic carbocycles. The topological polar surface area (TPSA) is 181 Å². The lowest BCUT2D eigenvalue weighted by molar-refractivity contribution is 0.0525. The van der Waals surface area contributed by atoms with Crippen LogP contribution in [-0.4, -0.2) is 52.4 Å². The molecule has 1 aromatic carbocycles. The lowest BCUT2D eigenvalue weighted by atomic mass is 10.1. The van der Waals surface area contributed by atoms with Crippen LogP contribution in [0.25, 0.3) is 23.2 Å². The number of carbonyl (C=O) groups is 3. The van der Waals surface area contributed by atoms with E-state index in [0.717, 1.165) is 11.8 Å². The summed E-state index contributed by atoms with van der Waals surface area (Å²) in [6.07, 6.45) is 4.29. The van der Waals surface area contributed by atoms with Crippen molar-refractivity contribution in [2.75, 3.05) is 13.7 Å². The van der Waals surface area contributed by atoms with E-state index in [2.05, 4.69) is 30.3 Å². The average Bonchev–Trinajstić information content (AvgIpc) is 3.75. The van der Waals surface area contributed by atoms with Crippen LogP contribution in [0.3, 0.4) is 0 Å². The first-order chi connectivity index (χ1) is 20.6. The fraction of sp³-hybridized carbons (Fsp3) is 0.379. The largest absolute Gasteiger partial charge is 0.464 e. The first kappa shape index (κ1) is 30.8. The highest BCUT2D eigenvalue weighted by Crippen LogP contribution is 2.27. The van der Waals surface area contributed by atoms with Crippen molar-refractivity contribution in [1.29, 1.82) is 0 Å². The molecule has 0 aliphatic rings. The van der Waals surface area contributed by atoms with Crippen molar-refractivity contribution in [1.82, 2.24) is 25.6 Å². The van der Waals surface area contributed by atoms with Crippen LogP contribution in [0.15, 0.2) is 62.4 Å². The minimum absolute atomic E-state index is 0.0138. The quantitative estimate of drug-likeness (QED) is 0.120. The molecular weight excluding hydrogens is 562 g/mol. The Hall–Kier alpha value is -5.14. The third kappa shape index (κ3) is 9.18. The van der Waals surface area contributed by atoms with Crippen LogP contribution in [0.2, 0.25) is 0 Å². The van der Waals surface area contributed by atoms with Crippen molar-refractivity contribution < 1.29 is 41.8 Å². The van der Waals surface area contributed by atoms with E-state index in [1.165, 1.54) is 19.6 Å². The Kier molecular flexibility index (Phi) is 10.1. The molecule has 1 atom stereocenters. The zero-order valence-corrected chi connectivity index (χ0v) is 24.2. The summed E-state index contributed by atoms with van der Waals surface area (Å²) in [6.45, 7) is 5.84. The predicted molar refractivity (Wildman–Crippen MR) is 149 cm³/mol. The Labute approximate surface area is 247 Å². The molecule has 0 saturated heterocycles. The number of aromatic nitrogens is 3. The predicted octanol–water partition coefficient (Wildman–Crippen LogP) is 5.43. The number of nitrogens with one attached hydrogen (secondary N) is 2. The molecule has 3 heterocycles. The van der Waals surface area contributed by atoms with Gasteiger partial charge in [-0.25, -0.2) is 29.3 Å². The summed E-state index contributed by atoms with van der Waals surface area (Å²) < 4.78 is 31.8. The molecule has 228 valence electrons. The standard InChI is InChI=1S/C29H33N5O9/c1-29(2,3)43-27(36)30-13-9-8-12-19(34-28(37)42-14-18-10-6-5-7-11-18)23-31-20(15-39-23)24-32-21(16-40-24)25-33-22(17-41-25)26(35)38-4/h5-7,10-11,15-17,19H,8-9,12-14H2,1-4H3,(H,30,36)(H,34,37)/t19-/m0/s1. The summed E-state index contributed by atoms with van der Waals surface area (Å²) >= 11 is 0. The average molecular weight is 596 g/mol. The van der Waals surface area contributed by atoms with Crippen molar-refractivity contribution in [2.45, 2.75) is 58.3 Å². The highest BCUT2D eigenvalue weighted by Gasteiger charge is 2.24. The van der Waals surface area contributed by atoms with Gasteiger partial charge in [0.05, 0.1) is 7.11 Å². The molecule has 0 radical (unpaired) electrons. The summed E-state index contributed by atoms with van der Waals surface area (Å²) in [5.74, 6) is -0.286. The molecule has 14 nitrogen and oxygen atoms in total. The van der Waals surface area contributed by atoms with Crippen molar-refractivity contribution in [3.63, 3.8) is 0 Å². The van der Waals surface area contributed by atoms with Crippen molar-refractivity contribution in [3.8, 4) is 23.2 Å². The molecule has 0 bridgehead atoms. The second kappa shape index (κ2) is 14.2. The fourth-order valence-corrected chi connectivity index (χ4v) is 3.77. The number of nitrogens with zero attached hydrogens (tertiary/aromatic N) is 3. The second-order valence-corrected chi connectivity index (χ2v) is 10.3. The first-order valence-electron chi connectivity index (χ1n) is 13.5. The number of amides is 2. The van der Waals surface area contributed by atoms with E-state index < -0.39 is 29.8 Å². The van der Waals surface area contributed by atoms with Gasteiger partial charge < -0.3 is 38.1 Å². The maximum atomic E-state index is 12.7. The summed E-state index contributed by atoms with van der Waals surface area (Å²) in [5, 5.41) is 5.51. The molecule has 4 rings (SSSR count). The molecule has 0 spiro atoms. The Morgan fingerprint density at radius 1 is 0.884 bits per heavy atom. The van der Waals surface area contributed by atoms with Gasteiger partial charge in [-0.1, -0.05) is 30.3 Å². The van der Waals surface area contributed by atoms with E-state index in [0.29, 0.717) is 25.8 Å². The fourth-order valence-electron chi connectivity index (χ4n) is 3.77. The second-order valence-electron chi connectivity index (χ2n) is 10.3. The maximum absolute atomic E-state index is 12.7. The molecule has 0 fully saturated rings. The van der Waals surface area contributed by atoms with E-state index >= 15 is 0 Å². The Bertz CT molecular complexity index is 1500. The number of alkyl carbamates (subject to hydrolysis) is 2. The van der Waals surface area contributed by atoms with Gasteiger partial charge in [0.25, 0.3) is 0 Å². The van der Waals surface area contributed by atoms with Crippen LogP contribution >= 0.6 is 0 Å². The molecule has 0 unspecified atom stereocenters. The smallest absolute Gasteiger partial charge is 0.408 e. The van der Waals surface area contributed by atoms with Crippen LogP contribution in [0.4, 0.5) is 9.59 Å². The molecule has 0 saturated carbocycles. The highest BCUT2D eigenvalue weighted by atomic mass is 16.6. The number of hydrogen-bond acceptors (Lipinski definition) is 12. The summed E-state index contributed by atoms with van der Waals surface area (Å²) in [7, 11) is 1.24. The Balaban J connectivity index is 1.40. The van der Waals surface area contributed by atoms with Gasteiger partial charge in [0.2, 0.25) is 17.7 Å². The molecular formula is C29H33N5O9. The van der Waals surface area contributed by atoms with E-state index in [-0.39, 0.29) is 41.4 Å². The van der Waals surface area contributed by atoms with Crippen molar-refractivity contribution in [2.24, 2.45) is 0 Å². The van der Waals surface area contributed by atoms with Gasteiger partial charge in [-0.3, -0.25) is 0 Å². The number of ether oxygens (including phenoxy) is 3. The molecule has 2 amide bonds. The van der Waals surface area contributed by atoms with Crippen LogP contribution < -0.4 is 10.6 Å². The Morgan fingerprint density at radius 3 is 2.33 bits per heavy atom. The number of benzene rings is 1. The normalized spacial score (nSPS) is 11.9. The molecule has 0 aliphatic heterocycles. The summed E-state index contributed by atoms with van der Waals surface area (Å²) in [6, 6.07) is 8.63. The zero-order chi connectivity index (χ0) is 30.8. The van der Waals surface area contributed by atoms with E-state index in [1.807, 2.05) is 30.3 Å². The summed E-state index contributed by atoms with van der Waals surface area (Å²) in [4.78, 5) is 49.0. The SMILES string of the molecule is COC(=O)c1coc(-c2coc(-c3coc([C@H](CCCCNC(=O)OC(C)(C)C)NC(=O)OCc4ccccc4)n3)n2)n1. The van der Waals surface area contributed by atoms with Crippen LogP contribution in [-0.2, 0) is 20.8 Å². The van der Waals surface area contributed by atoms with Crippen LogP contribution in [0, 0.1) is 0 Å². The van der Waals surface area contributed by atoms with Gasteiger partial charge >= 0.3 is 18.2 Å². The number of rotatable bonds is 12. The minimum atomic E-state index is -0.652. The van der Waals surface area contributed by atoms with Gasteiger partial charge in [0, 0.05) is 6.54 Å². The summed E-state index contributed by atoms with van der Waals surface area (Å²) in [5.41, 5.74) is 0.722. The van der Waals surface area contributed by atoms with Gasteiger partial charge in [-0.2, -0.15) is 0 Å². The van der Waals surface area contributed by atoms with Crippen LogP contribution in [0.1, 0.15) is 68.0 Å². The number of carbonyl (C=O) groups excluding carboxylic acids is 3. The van der Waals surface area contributed by atoms with Gasteiger partial charge in [0.15, 0.2) is 17.1 Å². The monoisotopic (exact) mass is 595 g/mol. The van der Waals surface area contributed by atoms with E-state index in [9.17, 15) is 14.4 Å².